The van der Waals surface area contributed by atoms with Crippen LogP contribution < -0.4 is 0 Å². The third kappa shape index (κ3) is 4.37. The molecule has 0 bridgehead atoms. The van der Waals surface area contributed by atoms with Crippen LogP contribution in [0.1, 0.15) is 33.6 Å². The average molecular weight is 685 g/mol. The summed E-state index contributed by atoms with van der Waals surface area (Å²) in [5, 5.41) is 9.19. The van der Waals surface area contributed by atoms with E-state index in [4.69, 9.17) is 14.2 Å². The standard InChI is InChI=1S/C15H14I3NO6/c1-23-14(21)8-10(16)9(15(22)24-2)12(18)13(11(8)17)19-7-4-3-6(5-20)25-7/h6,20H,3-5H2,1-2H3. The molecule has 1 aromatic carbocycles. The highest BCUT2D eigenvalue weighted by atomic mass is 127. The van der Waals surface area contributed by atoms with Gasteiger partial charge in [-0.1, -0.05) is 0 Å². The van der Waals surface area contributed by atoms with Crippen LogP contribution in [-0.2, 0) is 14.2 Å². The lowest BCUT2D eigenvalue weighted by Crippen LogP contribution is -2.15. The number of nitrogens with zero attached hydrogens (tertiary/aromatic N) is 1. The number of esters is 2. The van der Waals surface area contributed by atoms with Gasteiger partial charge in [0.1, 0.15) is 6.10 Å². The van der Waals surface area contributed by atoms with E-state index >= 15 is 0 Å². The molecule has 1 aromatic rings. The molecule has 1 unspecified atom stereocenters. The lowest BCUT2D eigenvalue weighted by molar-refractivity contribution is 0.0595. The summed E-state index contributed by atoms with van der Waals surface area (Å²) in [4.78, 5) is 28.9. The fourth-order valence-electron chi connectivity index (χ4n) is 2.24. The fourth-order valence-corrected chi connectivity index (χ4v) is 6.53. The number of methoxy groups -OCH3 is 2. The molecular formula is C15H14I3NO6. The van der Waals surface area contributed by atoms with E-state index < -0.39 is 11.9 Å². The van der Waals surface area contributed by atoms with Crippen molar-refractivity contribution in [2.45, 2.75) is 18.9 Å². The summed E-state index contributed by atoms with van der Waals surface area (Å²) in [5.41, 5.74) is 0.983. The number of carbonyl (C=O) groups is 2. The second kappa shape index (κ2) is 9.12. The van der Waals surface area contributed by atoms with Crippen LogP contribution in [0, 0.1) is 10.7 Å². The van der Waals surface area contributed by atoms with Gasteiger partial charge in [0.2, 0.25) is 0 Å². The lowest BCUT2D eigenvalue weighted by Gasteiger charge is -2.15. The van der Waals surface area contributed by atoms with Gasteiger partial charge in [0.15, 0.2) is 5.90 Å². The third-order valence-electron chi connectivity index (χ3n) is 3.50. The summed E-state index contributed by atoms with van der Waals surface area (Å²) in [6, 6.07) is 0. The summed E-state index contributed by atoms with van der Waals surface area (Å²) in [5.74, 6) is -0.655. The fraction of sp³-hybridized carbons (Fsp3) is 0.400. The number of aliphatic hydroxyl groups excluding tert-OH is 1. The first-order valence-corrected chi connectivity index (χ1v) is 10.3. The van der Waals surface area contributed by atoms with Crippen LogP contribution in [-0.4, -0.2) is 49.9 Å². The Morgan fingerprint density at radius 3 is 2.04 bits per heavy atom. The van der Waals surface area contributed by atoms with E-state index in [1.54, 1.807) is 0 Å². The summed E-state index contributed by atoms with van der Waals surface area (Å²) < 4.78 is 16.8. The first-order valence-electron chi connectivity index (χ1n) is 7.07. The van der Waals surface area contributed by atoms with Crippen molar-refractivity contribution in [1.82, 2.24) is 0 Å². The molecule has 1 saturated heterocycles. The Balaban J connectivity index is 2.68. The number of aliphatic imine (C=N–C) groups is 1. The predicted molar refractivity (Wildman–Crippen MR) is 116 cm³/mol. The van der Waals surface area contributed by atoms with E-state index in [9.17, 15) is 14.7 Å². The average Bonchev–Trinajstić information content (AvgIpc) is 3.06. The number of ether oxygens (including phenoxy) is 3. The van der Waals surface area contributed by atoms with Crippen molar-refractivity contribution in [2.75, 3.05) is 20.8 Å². The number of rotatable bonds is 4. The zero-order valence-electron chi connectivity index (χ0n) is 13.3. The van der Waals surface area contributed by atoms with E-state index in [0.29, 0.717) is 35.1 Å². The summed E-state index contributed by atoms with van der Waals surface area (Å²) in [7, 11) is 2.56. The second-order valence-corrected chi connectivity index (χ2v) is 8.23. The van der Waals surface area contributed by atoms with E-state index in [2.05, 4.69) is 4.99 Å². The largest absolute Gasteiger partial charge is 0.475 e. The molecule has 0 saturated carbocycles. The molecule has 0 spiro atoms. The molecule has 1 fully saturated rings. The van der Waals surface area contributed by atoms with Crippen LogP contribution in [0.4, 0.5) is 5.69 Å². The Morgan fingerprint density at radius 1 is 1.12 bits per heavy atom. The number of benzene rings is 1. The van der Waals surface area contributed by atoms with Crippen molar-refractivity contribution < 1.29 is 28.9 Å². The monoisotopic (exact) mass is 685 g/mol. The Hall–Kier alpha value is -0.220. The second-order valence-electron chi connectivity index (χ2n) is 4.99. The number of halogens is 3. The van der Waals surface area contributed by atoms with Crippen LogP contribution >= 0.6 is 67.8 Å². The van der Waals surface area contributed by atoms with E-state index in [-0.39, 0.29) is 23.8 Å². The van der Waals surface area contributed by atoms with Crippen molar-refractivity contribution in [3.05, 3.63) is 21.8 Å². The van der Waals surface area contributed by atoms with Gasteiger partial charge in [-0.25, -0.2) is 14.6 Å². The maximum Gasteiger partial charge on any atom is 0.340 e. The zero-order chi connectivity index (χ0) is 18.7. The summed E-state index contributed by atoms with van der Waals surface area (Å²) in [6.45, 7) is -0.0826. The minimum atomic E-state index is -0.558. The summed E-state index contributed by atoms with van der Waals surface area (Å²) >= 11 is 5.95. The molecule has 0 aliphatic carbocycles. The van der Waals surface area contributed by atoms with E-state index in [0.717, 1.165) is 0 Å². The molecule has 25 heavy (non-hydrogen) atoms. The molecule has 7 nitrogen and oxygen atoms in total. The minimum absolute atomic E-state index is 0.0826. The van der Waals surface area contributed by atoms with Crippen LogP contribution in [0.15, 0.2) is 4.99 Å². The maximum atomic E-state index is 12.2. The number of hydrogen-bond acceptors (Lipinski definition) is 7. The molecule has 1 N–H and O–H groups in total. The van der Waals surface area contributed by atoms with Gasteiger partial charge in [-0.3, -0.25) is 0 Å². The number of carbonyl (C=O) groups excluding carboxylic acids is 2. The van der Waals surface area contributed by atoms with Gasteiger partial charge < -0.3 is 19.3 Å². The highest BCUT2D eigenvalue weighted by Crippen LogP contribution is 2.38. The Bertz CT molecular complexity index is 706. The molecular weight excluding hydrogens is 671 g/mol. The lowest BCUT2D eigenvalue weighted by atomic mass is 10.1. The topological polar surface area (TPSA) is 94.4 Å². The van der Waals surface area contributed by atoms with Crippen LogP contribution in [0.5, 0.6) is 0 Å². The van der Waals surface area contributed by atoms with E-state index in [1.165, 1.54) is 14.2 Å². The van der Waals surface area contributed by atoms with Gasteiger partial charge in [-0.15, -0.1) is 0 Å². The first kappa shape index (κ1) is 21.1. The molecule has 136 valence electrons. The van der Waals surface area contributed by atoms with Crippen LogP contribution in [0.25, 0.3) is 0 Å². The highest BCUT2D eigenvalue weighted by Gasteiger charge is 2.30. The minimum Gasteiger partial charge on any atom is -0.475 e. The molecule has 0 aromatic heterocycles. The molecule has 0 amide bonds. The zero-order valence-corrected chi connectivity index (χ0v) is 19.7. The van der Waals surface area contributed by atoms with Gasteiger partial charge in [0, 0.05) is 9.99 Å². The Labute approximate surface area is 185 Å². The van der Waals surface area contributed by atoms with Gasteiger partial charge in [0.25, 0.3) is 0 Å². The predicted octanol–water partition coefficient (Wildman–Crippen LogP) is 3.27. The maximum absolute atomic E-state index is 12.2. The van der Waals surface area contributed by atoms with E-state index in [1.807, 2.05) is 67.8 Å². The van der Waals surface area contributed by atoms with Gasteiger partial charge in [-0.05, 0) is 74.2 Å². The molecule has 1 heterocycles. The quantitative estimate of drug-likeness (QED) is 0.387. The van der Waals surface area contributed by atoms with Crippen molar-refractivity contribution in [3.63, 3.8) is 0 Å². The third-order valence-corrected chi connectivity index (χ3v) is 6.68. The molecule has 1 aliphatic rings. The smallest absolute Gasteiger partial charge is 0.340 e. The van der Waals surface area contributed by atoms with Crippen molar-refractivity contribution in [2.24, 2.45) is 4.99 Å². The van der Waals surface area contributed by atoms with Crippen molar-refractivity contribution >= 4 is 91.3 Å². The molecule has 1 aliphatic heterocycles. The molecule has 1 atom stereocenters. The Kier molecular flexibility index (Phi) is 7.69. The SMILES string of the molecule is COC(=O)c1c(I)c(N=C2CCC(CO)O2)c(I)c(C(=O)OC)c1I. The first-order chi connectivity index (χ1) is 11.8. The van der Waals surface area contributed by atoms with Gasteiger partial charge in [-0.2, -0.15) is 0 Å². The van der Waals surface area contributed by atoms with Gasteiger partial charge >= 0.3 is 11.9 Å². The van der Waals surface area contributed by atoms with Crippen LogP contribution in [0.3, 0.4) is 0 Å². The Morgan fingerprint density at radius 2 is 1.64 bits per heavy atom. The highest BCUT2D eigenvalue weighted by molar-refractivity contribution is 14.1. The molecule has 10 heteroatoms. The van der Waals surface area contributed by atoms with Crippen LogP contribution in [0.2, 0.25) is 0 Å². The molecule has 2 rings (SSSR count). The molecule has 0 radical (unpaired) electrons. The van der Waals surface area contributed by atoms with Crippen molar-refractivity contribution in [3.8, 4) is 0 Å². The normalized spacial score (nSPS) is 18.2. The number of hydrogen-bond donors (Lipinski definition) is 1. The summed E-state index contributed by atoms with van der Waals surface area (Å²) in [6.07, 6.45) is 0.962. The number of aliphatic hydroxyl groups is 1. The van der Waals surface area contributed by atoms with Crippen molar-refractivity contribution in [1.29, 1.82) is 0 Å². The van der Waals surface area contributed by atoms with Gasteiger partial charge in [0.05, 0.1) is 44.8 Å².